The van der Waals surface area contributed by atoms with Crippen LogP contribution < -0.4 is 19.7 Å². The average molecular weight is 575 g/mol. The van der Waals surface area contributed by atoms with Crippen LogP contribution in [0.25, 0.3) is 16.8 Å². The molecule has 1 aliphatic rings. The molecule has 0 radical (unpaired) electrons. The van der Waals surface area contributed by atoms with E-state index in [-0.39, 0.29) is 22.9 Å². The Morgan fingerprint density at radius 3 is 2.50 bits per heavy atom. The molecule has 1 saturated heterocycles. The van der Waals surface area contributed by atoms with Gasteiger partial charge in [-0.1, -0.05) is 71.7 Å². The van der Waals surface area contributed by atoms with E-state index >= 15 is 0 Å². The molecule has 0 spiro atoms. The fraction of sp³-hybridized carbons (Fsp3) is 0.129. The fourth-order valence-electron chi connectivity index (χ4n) is 4.51. The summed E-state index contributed by atoms with van der Waals surface area (Å²) in [4.78, 5) is 39.6. The number of ether oxygens (including phenoxy) is 2. The highest BCUT2D eigenvalue weighted by Crippen LogP contribution is 2.38. The van der Waals surface area contributed by atoms with Crippen molar-refractivity contribution in [2.24, 2.45) is 0 Å². The monoisotopic (exact) mass is 574 g/mol. The summed E-state index contributed by atoms with van der Waals surface area (Å²) in [6.07, 6.45) is 1.36. The molecule has 1 fully saturated rings. The van der Waals surface area contributed by atoms with Gasteiger partial charge in [-0.05, 0) is 71.7 Å². The molecule has 0 aromatic heterocycles. The van der Waals surface area contributed by atoms with E-state index in [1.807, 2.05) is 49.4 Å². The van der Waals surface area contributed by atoms with Gasteiger partial charge in [-0.3, -0.25) is 14.9 Å². The number of hydrogen-bond donors (Lipinski definition) is 1. The lowest BCUT2D eigenvalue weighted by Gasteiger charge is -2.27. The maximum Gasteiger partial charge on any atom is 0.335 e. The number of carbonyl (C=O) groups excluding carboxylic acids is 3. The fourth-order valence-corrected chi connectivity index (χ4v) is 4.95. The van der Waals surface area contributed by atoms with Gasteiger partial charge in [0.1, 0.15) is 12.2 Å². The molecule has 4 aromatic rings. The molecule has 0 bridgehead atoms. The molecule has 5 rings (SSSR count). The number of rotatable bonds is 7. The zero-order valence-corrected chi connectivity index (χ0v) is 23.2. The predicted molar refractivity (Wildman–Crippen MR) is 156 cm³/mol. The number of aryl methyl sites for hydroxylation is 1. The summed E-state index contributed by atoms with van der Waals surface area (Å²) in [6.45, 7) is 4.13. The lowest BCUT2D eigenvalue weighted by molar-refractivity contribution is -0.122. The summed E-state index contributed by atoms with van der Waals surface area (Å²) < 4.78 is 11.9. The third kappa shape index (κ3) is 5.39. The molecule has 1 heterocycles. The summed E-state index contributed by atoms with van der Waals surface area (Å²) >= 11 is 12.7. The number of anilines is 1. The highest BCUT2D eigenvalue weighted by molar-refractivity contribution is 6.40. The lowest BCUT2D eigenvalue weighted by atomic mass is 10.0. The quantitative estimate of drug-likeness (QED) is 0.188. The first-order valence-corrected chi connectivity index (χ1v) is 13.3. The van der Waals surface area contributed by atoms with Crippen LogP contribution in [0.3, 0.4) is 0 Å². The minimum Gasteiger partial charge on any atom is -0.490 e. The van der Waals surface area contributed by atoms with Crippen molar-refractivity contribution in [3.05, 3.63) is 105 Å². The Morgan fingerprint density at radius 1 is 0.925 bits per heavy atom. The number of imide groups is 2. The molecule has 0 atom stereocenters. The van der Waals surface area contributed by atoms with Crippen LogP contribution in [0.15, 0.2) is 78.4 Å². The van der Waals surface area contributed by atoms with E-state index in [0.29, 0.717) is 34.3 Å². The molecule has 7 nitrogen and oxygen atoms in total. The zero-order chi connectivity index (χ0) is 28.4. The Hall–Kier alpha value is -4.33. The van der Waals surface area contributed by atoms with Crippen molar-refractivity contribution >= 4 is 63.6 Å². The average Bonchev–Trinajstić information content (AvgIpc) is 2.92. The zero-order valence-electron chi connectivity index (χ0n) is 21.7. The maximum absolute atomic E-state index is 13.4. The van der Waals surface area contributed by atoms with E-state index in [2.05, 4.69) is 5.32 Å². The van der Waals surface area contributed by atoms with Gasteiger partial charge >= 0.3 is 6.03 Å². The number of benzene rings is 4. The van der Waals surface area contributed by atoms with E-state index in [1.165, 1.54) is 12.1 Å². The number of barbiturate groups is 1. The molecule has 0 aliphatic carbocycles. The molecule has 1 aliphatic heterocycles. The van der Waals surface area contributed by atoms with Gasteiger partial charge < -0.3 is 9.47 Å². The number of halogens is 2. The number of fused-ring (bicyclic) bond motifs is 1. The van der Waals surface area contributed by atoms with E-state index in [4.69, 9.17) is 32.7 Å². The lowest BCUT2D eigenvalue weighted by Crippen LogP contribution is -2.54. The molecule has 202 valence electrons. The van der Waals surface area contributed by atoms with Crippen molar-refractivity contribution in [3.63, 3.8) is 0 Å². The van der Waals surface area contributed by atoms with Crippen molar-refractivity contribution < 1.29 is 23.9 Å². The van der Waals surface area contributed by atoms with Crippen LogP contribution in [-0.4, -0.2) is 24.5 Å². The standard InChI is InChI=1S/C31H24Cl2N2O5/c1-3-39-27-15-19(14-25(33)28(27)40-17-21-9-6-8-20-7-4-5-10-23(20)21)13-24-29(36)34-31(38)35(30(24)37)26-16-22(32)12-11-18(26)2/h4-16H,3,17H2,1-2H3,(H,34,36,38)/b24-13+. The molecule has 1 N–H and O–H groups in total. The van der Waals surface area contributed by atoms with Crippen LogP contribution in [0.4, 0.5) is 10.5 Å². The van der Waals surface area contributed by atoms with E-state index in [0.717, 1.165) is 21.2 Å². The summed E-state index contributed by atoms with van der Waals surface area (Å²) in [7, 11) is 0. The molecule has 0 saturated carbocycles. The molecular weight excluding hydrogens is 551 g/mol. The molecule has 40 heavy (non-hydrogen) atoms. The van der Waals surface area contributed by atoms with Gasteiger partial charge in [0.05, 0.1) is 17.3 Å². The minimum atomic E-state index is -0.859. The first-order valence-electron chi connectivity index (χ1n) is 12.5. The Bertz CT molecular complexity index is 1690. The van der Waals surface area contributed by atoms with Crippen LogP contribution in [0.2, 0.25) is 10.0 Å². The van der Waals surface area contributed by atoms with Crippen molar-refractivity contribution in [1.29, 1.82) is 0 Å². The van der Waals surface area contributed by atoms with Gasteiger partial charge in [0.25, 0.3) is 11.8 Å². The minimum absolute atomic E-state index is 0.236. The van der Waals surface area contributed by atoms with Crippen LogP contribution in [0.1, 0.15) is 23.6 Å². The highest BCUT2D eigenvalue weighted by atomic mass is 35.5. The first kappa shape index (κ1) is 27.2. The molecule has 0 unspecified atom stereocenters. The summed E-state index contributed by atoms with van der Waals surface area (Å²) in [6, 6.07) is 21.2. The van der Waals surface area contributed by atoms with Crippen molar-refractivity contribution in [2.75, 3.05) is 11.5 Å². The largest absolute Gasteiger partial charge is 0.490 e. The maximum atomic E-state index is 13.4. The van der Waals surface area contributed by atoms with Gasteiger partial charge in [0, 0.05) is 5.02 Å². The van der Waals surface area contributed by atoms with Crippen LogP contribution in [-0.2, 0) is 16.2 Å². The third-order valence-electron chi connectivity index (χ3n) is 6.41. The Labute approximate surface area is 240 Å². The summed E-state index contributed by atoms with van der Waals surface area (Å²) in [5.41, 5.74) is 2.06. The molecule has 9 heteroatoms. The van der Waals surface area contributed by atoms with Gasteiger partial charge in [-0.15, -0.1) is 0 Å². The van der Waals surface area contributed by atoms with Crippen molar-refractivity contribution in [2.45, 2.75) is 20.5 Å². The number of amides is 4. The topological polar surface area (TPSA) is 84.9 Å². The number of hydrogen-bond acceptors (Lipinski definition) is 5. The molecule has 4 amide bonds. The number of urea groups is 1. The van der Waals surface area contributed by atoms with Gasteiger partial charge in [-0.25, -0.2) is 9.69 Å². The normalized spacial score (nSPS) is 14.6. The van der Waals surface area contributed by atoms with Crippen molar-refractivity contribution in [3.8, 4) is 11.5 Å². The van der Waals surface area contributed by atoms with E-state index < -0.39 is 17.8 Å². The first-order chi connectivity index (χ1) is 19.3. The summed E-state index contributed by atoms with van der Waals surface area (Å²) in [5, 5.41) is 4.96. The summed E-state index contributed by atoms with van der Waals surface area (Å²) in [5.74, 6) is -0.922. The molecule has 4 aromatic carbocycles. The Morgan fingerprint density at radius 2 is 1.70 bits per heavy atom. The predicted octanol–water partition coefficient (Wildman–Crippen LogP) is 7.10. The SMILES string of the molecule is CCOc1cc(/C=C2\C(=O)NC(=O)N(c3cc(Cl)ccc3C)C2=O)cc(Cl)c1OCc1cccc2ccccc12. The third-order valence-corrected chi connectivity index (χ3v) is 6.92. The number of nitrogens with zero attached hydrogens (tertiary/aromatic N) is 1. The van der Waals surface area contributed by atoms with Gasteiger partial charge in [0.15, 0.2) is 11.5 Å². The van der Waals surface area contributed by atoms with E-state index in [1.54, 1.807) is 31.2 Å². The second-order valence-electron chi connectivity index (χ2n) is 9.08. The highest BCUT2D eigenvalue weighted by Gasteiger charge is 2.37. The van der Waals surface area contributed by atoms with Gasteiger partial charge in [0.2, 0.25) is 0 Å². The Balaban J connectivity index is 1.48. The Kier molecular flexibility index (Phi) is 7.78. The van der Waals surface area contributed by atoms with Gasteiger partial charge in [-0.2, -0.15) is 0 Å². The smallest absolute Gasteiger partial charge is 0.335 e. The van der Waals surface area contributed by atoms with Crippen molar-refractivity contribution in [1.82, 2.24) is 5.32 Å². The van der Waals surface area contributed by atoms with E-state index in [9.17, 15) is 14.4 Å². The van der Waals surface area contributed by atoms with Crippen LogP contribution in [0, 0.1) is 6.92 Å². The second-order valence-corrected chi connectivity index (χ2v) is 9.92. The second kappa shape index (κ2) is 11.4. The molecular formula is C31H24Cl2N2O5. The van der Waals surface area contributed by atoms with Crippen LogP contribution >= 0.6 is 23.2 Å². The van der Waals surface area contributed by atoms with Crippen LogP contribution in [0.5, 0.6) is 11.5 Å². The number of nitrogens with one attached hydrogen (secondary N) is 1. The number of carbonyl (C=O) groups is 3.